The predicted octanol–water partition coefficient (Wildman–Crippen LogP) is 3.04. The Morgan fingerprint density at radius 3 is 2.81 bits per heavy atom. The van der Waals surface area contributed by atoms with Gasteiger partial charge in [0, 0.05) is 27.8 Å². The second-order valence-electron chi connectivity index (χ2n) is 3.46. The monoisotopic (exact) mass is 298 g/mol. The van der Waals surface area contributed by atoms with Crippen LogP contribution in [0.15, 0.2) is 21.3 Å². The number of carbonyl (C=O) groups is 1. The number of aromatic nitrogens is 2. The van der Waals surface area contributed by atoms with E-state index in [-0.39, 0.29) is 5.78 Å². The number of nitrogens with zero attached hydrogens (tertiary/aromatic N) is 2. The number of rotatable bonds is 3. The average molecular weight is 299 g/mol. The smallest absolute Gasteiger partial charge is 0.212 e. The van der Waals surface area contributed by atoms with Gasteiger partial charge in [-0.15, -0.1) is 0 Å². The maximum Gasteiger partial charge on any atom is 0.212 e. The van der Waals surface area contributed by atoms with Gasteiger partial charge in [-0.05, 0) is 28.4 Å². The number of hydrogen-bond acceptors (Lipinski definition) is 3. The first-order valence-electron chi connectivity index (χ1n) is 4.92. The minimum absolute atomic E-state index is 0.0165. The highest BCUT2D eigenvalue weighted by atomic mass is 79.9. The summed E-state index contributed by atoms with van der Waals surface area (Å²) in [6.45, 7) is 2.02. The summed E-state index contributed by atoms with van der Waals surface area (Å²) in [6.07, 6.45) is 0.839. The molecular weight excluding hydrogens is 288 g/mol. The van der Waals surface area contributed by atoms with Gasteiger partial charge < -0.3 is 0 Å². The van der Waals surface area contributed by atoms with E-state index in [9.17, 15) is 4.79 Å². The van der Waals surface area contributed by atoms with Crippen molar-refractivity contribution < 1.29 is 4.79 Å². The Morgan fingerprint density at radius 1 is 1.56 bits per heavy atom. The third-order valence-electron chi connectivity index (χ3n) is 2.38. The van der Waals surface area contributed by atoms with Crippen LogP contribution in [-0.4, -0.2) is 15.6 Å². The third kappa shape index (κ3) is 1.97. The van der Waals surface area contributed by atoms with Crippen molar-refractivity contribution in [3.8, 4) is 0 Å². The number of aryl methyl sites for hydroxylation is 2. The Hall–Kier alpha value is -0.940. The van der Waals surface area contributed by atoms with E-state index < -0.39 is 0 Å². The molecule has 0 atom stereocenters. The summed E-state index contributed by atoms with van der Waals surface area (Å²) >= 11 is 4.88. The minimum atomic E-state index is 0.0165. The van der Waals surface area contributed by atoms with Crippen LogP contribution < -0.4 is 0 Å². The van der Waals surface area contributed by atoms with E-state index >= 15 is 0 Å². The van der Waals surface area contributed by atoms with Crippen LogP contribution in [-0.2, 0) is 13.5 Å². The minimum Gasteiger partial charge on any atom is -0.287 e. The molecular formula is C11H11BrN2OS. The quantitative estimate of drug-likeness (QED) is 0.817. The lowest BCUT2D eigenvalue weighted by atomic mass is 10.1. The highest BCUT2D eigenvalue weighted by Crippen LogP contribution is 2.24. The van der Waals surface area contributed by atoms with Gasteiger partial charge in [-0.2, -0.15) is 16.4 Å². The van der Waals surface area contributed by atoms with Crippen LogP contribution in [0.2, 0.25) is 0 Å². The fourth-order valence-corrected chi connectivity index (χ4v) is 2.95. The van der Waals surface area contributed by atoms with Gasteiger partial charge in [-0.25, -0.2) is 0 Å². The molecule has 2 heterocycles. The standard InChI is InChI=1S/C11H11BrN2OS/c1-3-7-4-10(14(2)13-7)11(15)8-5-16-6-9(8)12/h4-6H,3H2,1-2H3. The molecule has 16 heavy (non-hydrogen) atoms. The molecule has 2 aromatic rings. The van der Waals surface area contributed by atoms with E-state index in [0.717, 1.165) is 16.6 Å². The Morgan fingerprint density at radius 2 is 2.31 bits per heavy atom. The lowest BCUT2D eigenvalue weighted by Crippen LogP contribution is -2.07. The van der Waals surface area contributed by atoms with Crippen molar-refractivity contribution in [1.82, 2.24) is 9.78 Å². The summed E-state index contributed by atoms with van der Waals surface area (Å²) < 4.78 is 2.49. The van der Waals surface area contributed by atoms with E-state index in [4.69, 9.17) is 0 Å². The van der Waals surface area contributed by atoms with Gasteiger partial charge in [-0.3, -0.25) is 9.48 Å². The third-order valence-corrected chi connectivity index (χ3v) is 4.09. The molecule has 2 rings (SSSR count). The molecule has 0 aliphatic carbocycles. The Balaban J connectivity index is 2.41. The fraction of sp³-hybridized carbons (Fsp3) is 0.273. The van der Waals surface area contributed by atoms with Crippen molar-refractivity contribution in [3.05, 3.63) is 38.3 Å². The van der Waals surface area contributed by atoms with E-state index in [2.05, 4.69) is 21.0 Å². The van der Waals surface area contributed by atoms with Crippen LogP contribution in [0.4, 0.5) is 0 Å². The molecule has 0 aromatic carbocycles. The van der Waals surface area contributed by atoms with Gasteiger partial charge in [0.05, 0.1) is 5.69 Å². The Labute approximate surface area is 106 Å². The van der Waals surface area contributed by atoms with Crippen LogP contribution in [0.5, 0.6) is 0 Å². The van der Waals surface area contributed by atoms with Gasteiger partial charge in [-0.1, -0.05) is 6.92 Å². The maximum absolute atomic E-state index is 12.2. The zero-order valence-corrected chi connectivity index (χ0v) is 11.4. The molecule has 0 bridgehead atoms. The molecule has 0 fully saturated rings. The molecule has 0 unspecified atom stereocenters. The molecule has 0 saturated carbocycles. The molecule has 2 aromatic heterocycles. The SMILES string of the molecule is CCc1cc(C(=O)c2cscc2Br)n(C)n1. The summed E-state index contributed by atoms with van der Waals surface area (Å²) in [5, 5.41) is 8.03. The van der Waals surface area contributed by atoms with Gasteiger partial charge in [0.25, 0.3) is 0 Å². The summed E-state index contributed by atoms with van der Waals surface area (Å²) in [4.78, 5) is 12.2. The number of carbonyl (C=O) groups excluding carboxylic acids is 1. The van der Waals surface area contributed by atoms with Gasteiger partial charge in [0.15, 0.2) is 0 Å². The number of hydrogen-bond donors (Lipinski definition) is 0. The van der Waals surface area contributed by atoms with Crippen molar-refractivity contribution in [2.75, 3.05) is 0 Å². The summed E-state index contributed by atoms with van der Waals surface area (Å²) in [7, 11) is 1.80. The second-order valence-corrected chi connectivity index (χ2v) is 5.06. The molecule has 0 spiro atoms. The van der Waals surface area contributed by atoms with Crippen molar-refractivity contribution in [2.24, 2.45) is 7.05 Å². The molecule has 0 aliphatic heterocycles. The first-order valence-corrected chi connectivity index (χ1v) is 6.66. The zero-order chi connectivity index (χ0) is 11.7. The van der Waals surface area contributed by atoms with Crippen molar-refractivity contribution >= 4 is 33.0 Å². The molecule has 84 valence electrons. The van der Waals surface area contributed by atoms with E-state index in [0.29, 0.717) is 11.3 Å². The largest absolute Gasteiger partial charge is 0.287 e. The second kappa shape index (κ2) is 4.51. The highest BCUT2D eigenvalue weighted by molar-refractivity contribution is 9.10. The number of thiophene rings is 1. The van der Waals surface area contributed by atoms with Crippen molar-refractivity contribution in [1.29, 1.82) is 0 Å². The first-order chi connectivity index (χ1) is 7.63. The Bertz CT molecular complexity index is 530. The lowest BCUT2D eigenvalue weighted by Gasteiger charge is -1.99. The van der Waals surface area contributed by atoms with Gasteiger partial charge in [0.1, 0.15) is 5.69 Å². The fourth-order valence-electron chi connectivity index (χ4n) is 1.49. The predicted molar refractivity (Wildman–Crippen MR) is 68.0 cm³/mol. The van der Waals surface area contributed by atoms with E-state index in [1.165, 1.54) is 11.3 Å². The van der Waals surface area contributed by atoms with E-state index in [1.807, 2.05) is 23.8 Å². The average Bonchev–Trinajstić information content (AvgIpc) is 2.83. The van der Waals surface area contributed by atoms with Crippen molar-refractivity contribution in [3.63, 3.8) is 0 Å². The van der Waals surface area contributed by atoms with Crippen LogP contribution in [0.3, 0.4) is 0 Å². The Kier molecular flexibility index (Phi) is 3.25. The molecule has 0 N–H and O–H groups in total. The molecule has 5 heteroatoms. The maximum atomic E-state index is 12.2. The summed E-state index contributed by atoms with van der Waals surface area (Å²) in [5.41, 5.74) is 2.28. The molecule has 0 saturated heterocycles. The molecule has 0 radical (unpaired) electrons. The highest BCUT2D eigenvalue weighted by Gasteiger charge is 2.17. The van der Waals surface area contributed by atoms with Crippen LogP contribution in [0, 0.1) is 0 Å². The van der Waals surface area contributed by atoms with Crippen LogP contribution in [0.1, 0.15) is 28.7 Å². The normalized spacial score (nSPS) is 10.7. The zero-order valence-electron chi connectivity index (χ0n) is 9.03. The lowest BCUT2D eigenvalue weighted by molar-refractivity contribution is 0.103. The number of halogens is 1. The molecule has 0 amide bonds. The molecule has 0 aliphatic rings. The van der Waals surface area contributed by atoms with Crippen LogP contribution >= 0.6 is 27.3 Å². The topological polar surface area (TPSA) is 34.9 Å². The van der Waals surface area contributed by atoms with Gasteiger partial charge in [0.2, 0.25) is 5.78 Å². The van der Waals surface area contributed by atoms with E-state index in [1.54, 1.807) is 11.7 Å². The molecule has 3 nitrogen and oxygen atoms in total. The summed E-state index contributed by atoms with van der Waals surface area (Å²) in [6, 6.07) is 1.85. The van der Waals surface area contributed by atoms with Crippen molar-refractivity contribution in [2.45, 2.75) is 13.3 Å². The summed E-state index contributed by atoms with van der Waals surface area (Å²) in [5.74, 6) is 0.0165. The first kappa shape index (κ1) is 11.5. The van der Waals surface area contributed by atoms with Gasteiger partial charge >= 0.3 is 0 Å². The van der Waals surface area contributed by atoms with Crippen LogP contribution in [0.25, 0.3) is 0 Å². The number of ketones is 1.